The van der Waals surface area contributed by atoms with Crippen LogP contribution in [0.1, 0.15) is 23.6 Å². The van der Waals surface area contributed by atoms with Crippen LogP contribution >= 0.6 is 34.0 Å². The topological polar surface area (TPSA) is 0 Å². The zero-order valence-electron chi connectivity index (χ0n) is 13.1. The SMILES string of the molecule is CCc1cc2cc3c(cc2s1)sc1cc2sc(CC)cc2cc13. The van der Waals surface area contributed by atoms with E-state index in [0.717, 1.165) is 12.8 Å². The van der Waals surface area contributed by atoms with Crippen molar-refractivity contribution in [1.82, 2.24) is 0 Å². The smallest absolute Gasteiger partial charge is 0.0369 e. The van der Waals surface area contributed by atoms with Crippen LogP contribution in [0.3, 0.4) is 0 Å². The van der Waals surface area contributed by atoms with Crippen LogP contribution in [0, 0.1) is 0 Å². The van der Waals surface area contributed by atoms with Crippen molar-refractivity contribution in [1.29, 1.82) is 0 Å². The number of rotatable bonds is 2. The lowest BCUT2D eigenvalue weighted by Crippen LogP contribution is -1.68. The number of aryl methyl sites for hydroxylation is 2. The summed E-state index contributed by atoms with van der Waals surface area (Å²) in [6, 6.07) is 14.3. The van der Waals surface area contributed by atoms with E-state index in [1.165, 1.54) is 50.1 Å². The van der Waals surface area contributed by atoms with Crippen molar-refractivity contribution in [2.24, 2.45) is 0 Å². The zero-order valence-corrected chi connectivity index (χ0v) is 15.6. The van der Waals surface area contributed by atoms with Gasteiger partial charge in [0.05, 0.1) is 0 Å². The van der Waals surface area contributed by atoms with Gasteiger partial charge in [-0.15, -0.1) is 34.0 Å². The van der Waals surface area contributed by atoms with Crippen LogP contribution in [0.15, 0.2) is 36.4 Å². The maximum absolute atomic E-state index is 2.40. The highest BCUT2D eigenvalue weighted by Crippen LogP contribution is 2.41. The minimum absolute atomic E-state index is 1.13. The number of hydrogen-bond acceptors (Lipinski definition) is 3. The van der Waals surface area contributed by atoms with Gasteiger partial charge in [-0.05, 0) is 60.0 Å². The predicted molar refractivity (Wildman–Crippen MR) is 109 cm³/mol. The molecular weight excluding hydrogens is 336 g/mol. The van der Waals surface area contributed by atoms with E-state index < -0.39 is 0 Å². The van der Waals surface area contributed by atoms with Gasteiger partial charge in [-0.3, -0.25) is 0 Å². The molecule has 5 rings (SSSR count). The molecule has 0 aliphatic rings. The highest BCUT2D eigenvalue weighted by atomic mass is 32.1. The molecule has 0 amide bonds. The monoisotopic (exact) mass is 352 g/mol. The third-order valence-corrected chi connectivity index (χ3v) is 8.15. The van der Waals surface area contributed by atoms with Gasteiger partial charge < -0.3 is 0 Å². The average molecular weight is 353 g/mol. The quantitative estimate of drug-likeness (QED) is 0.307. The Morgan fingerprint density at radius 3 is 1.48 bits per heavy atom. The van der Waals surface area contributed by atoms with Crippen LogP contribution < -0.4 is 0 Å². The minimum atomic E-state index is 1.13. The van der Waals surface area contributed by atoms with E-state index in [2.05, 4.69) is 50.2 Å². The first-order valence-corrected chi connectivity index (χ1v) is 10.5. The number of thiophene rings is 3. The van der Waals surface area contributed by atoms with Crippen LogP contribution in [0.4, 0.5) is 0 Å². The Balaban J connectivity index is 1.86. The lowest BCUT2D eigenvalue weighted by atomic mass is 10.1. The summed E-state index contributed by atoms with van der Waals surface area (Å²) in [6.07, 6.45) is 2.26. The van der Waals surface area contributed by atoms with Gasteiger partial charge in [0.2, 0.25) is 0 Å². The minimum Gasteiger partial charge on any atom is -0.140 e. The van der Waals surface area contributed by atoms with Gasteiger partial charge in [-0.25, -0.2) is 0 Å². The Morgan fingerprint density at radius 1 is 0.565 bits per heavy atom. The Kier molecular flexibility index (Phi) is 3.06. The van der Waals surface area contributed by atoms with Crippen LogP contribution in [0.25, 0.3) is 40.3 Å². The van der Waals surface area contributed by atoms with Gasteiger partial charge in [0, 0.05) is 39.3 Å². The largest absolute Gasteiger partial charge is 0.140 e. The molecule has 0 fully saturated rings. The summed E-state index contributed by atoms with van der Waals surface area (Å²) in [5.74, 6) is 0. The summed E-state index contributed by atoms with van der Waals surface area (Å²) >= 11 is 5.82. The van der Waals surface area contributed by atoms with Crippen molar-refractivity contribution < 1.29 is 0 Å². The number of benzene rings is 2. The molecule has 23 heavy (non-hydrogen) atoms. The van der Waals surface area contributed by atoms with E-state index in [1.807, 2.05) is 34.0 Å². The molecule has 0 aliphatic heterocycles. The maximum atomic E-state index is 2.40. The second-order valence-corrected chi connectivity index (χ2v) is 9.43. The van der Waals surface area contributed by atoms with Gasteiger partial charge in [0.1, 0.15) is 0 Å². The van der Waals surface area contributed by atoms with Crippen molar-refractivity contribution in [3.63, 3.8) is 0 Å². The second-order valence-electron chi connectivity index (χ2n) is 6.01. The molecule has 0 unspecified atom stereocenters. The Labute approximate surface area is 147 Å². The maximum Gasteiger partial charge on any atom is 0.0369 e. The molecule has 2 aromatic carbocycles. The van der Waals surface area contributed by atoms with Gasteiger partial charge in [0.25, 0.3) is 0 Å². The number of hydrogen-bond donors (Lipinski definition) is 0. The molecule has 3 heteroatoms. The lowest BCUT2D eigenvalue weighted by molar-refractivity contribution is 1.19. The van der Waals surface area contributed by atoms with E-state index in [1.54, 1.807) is 0 Å². The highest BCUT2D eigenvalue weighted by Gasteiger charge is 2.11. The molecule has 3 heterocycles. The fourth-order valence-electron chi connectivity index (χ4n) is 3.30. The van der Waals surface area contributed by atoms with Crippen molar-refractivity contribution in [3.05, 3.63) is 46.2 Å². The summed E-state index contributed by atoms with van der Waals surface area (Å²) in [6.45, 7) is 4.47. The van der Waals surface area contributed by atoms with E-state index in [0.29, 0.717) is 0 Å². The number of fused-ring (bicyclic) bond motifs is 5. The Morgan fingerprint density at radius 2 is 1.04 bits per heavy atom. The van der Waals surface area contributed by atoms with Gasteiger partial charge >= 0.3 is 0 Å². The van der Waals surface area contributed by atoms with E-state index in [4.69, 9.17) is 0 Å². The van der Waals surface area contributed by atoms with Crippen molar-refractivity contribution in [2.45, 2.75) is 26.7 Å². The van der Waals surface area contributed by atoms with E-state index in [-0.39, 0.29) is 0 Å². The molecule has 0 saturated heterocycles. The normalized spacial score (nSPS) is 12.3. The first-order valence-electron chi connectivity index (χ1n) is 8.06. The molecule has 0 saturated carbocycles. The van der Waals surface area contributed by atoms with Crippen molar-refractivity contribution in [3.8, 4) is 0 Å². The molecule has 0 bridgehead atoms. The van der Waals surface area contributed by atoms with Crippen LogP contribution in [-0.4, -0.2) is 0 Å². The third-order valence-electron chi connectivity index (χ3n) is 4.55. The molecule has 5 aromatic rings. The zero-order chi connectivity index (χ0) is 15.6. The first-order chi connectivity index (χ1) is 11.2. The Hall–Kier alpha value is -1.42. The first kappa shape index (κ1) is 14.0. The summed E-state index contributed by atoms with van der Waals surface area (Å²) in [5.41, 5.74) is 0. The van der Waals surface area contributed by atoms with Crippen LogP contribution in [0.5, 0.6) is 0 Å². The molecule has 0 radical (unpaired) electrons. The third kappa shape index (κ3) is 2.07. The standard InChI is InChI=1S/C20H16S3/c1-3-13-5-11-7-15-16-8-12-6-14(4-2)22-18(12)10-20(16)23-19(15)9-17(11)21-13/h5-10H,3-4H2,1-2H3. The fraction of sp³-hybridized carbons (Fsp3) is 0.200. The van der Waals surface area contributed by atoms with Crippen molar-refractivity contribution >= 4 is 74.4 Å². The van der Waals surface area contributed by atoms with Crippen molar-refractivity contribution in [2.75, 3.05) is 0 Å². The lowest BCUT2D eigenvalue weighted by Gasteiger charge is -1.94. The molecule has 0 atom stereocenters. The molecule has 0 nitrogen and oxygen atoms in total. The second kappa shape index (κ2) is 5.04. The van der Waals surface area contributed by atoms with Crippen LogP contribution in [-0.2, 0) is 12.8 Å². The molecule has 0 spiro atoms. The summed E-state index contributed by atoms with van der Waals surface area (Å²) in [4.78, 5) is 2.96. The van der Waals surface area contributed by atoms with Gasteiger partial charge in [-0.2, -0.15) is 0 Å². The average Bonchev–Trinajstić information content (AvgIpc) is 3.23. The van der Waals surface area contributed by atoms with Gasteiger partial charge in [0.15, 0.2) is 0 Å². The fourth-order valence-corrected chi connectivity index (χ4v) is 6.65. The molecule has 0 aliphatic carbocycles. The summed E-state index contributed by atoms with van der Waals surface area (Å²) in [5, 5.41) is 5.64. The summed E-state index contributed by atoms with van der Waals surface area (Å²) < 4.78 is 5.70. The Bertz CT molecular complexity index is 1090. The van der Waals surface area contributed by atoms with E-state index >= 15 is 0 Å². The highest BCUT2D eigenvalue weighted by molar-refractivity contribution is 7.27. The van der Waals surface area contributed by atoms with E-state index in [9.17, 15) is 0 Å². The predicted octanol–water partition coefficient (Wildman–Crippen LogP) is 7.61. The summed E-state index contributed by atoms with van der Waals surface area (Å²) in [7, 11) is 0. The van der Waals surface area contributed by atoms with Gasteiger partial charge in [-0.1, -0.05) is 13.8 Å². The molecular formula is C20H16S3. The molecule has 0 N–H and O–H groups in total. The van der Waals surface area contributed by atoms with Crippen LogP contribution in [0.2, 0.25) is 0 Å². The molecule has 114 valence electrons. The molecule has 3 aromatic heterocycles.